The Morgan fingerprint density at radius 3 is 2.63 bits per heavy atom. The van der Waals surface area contributed by atoms with Crippen molar-refractivity contribution in [1.82, 2.24) is 0 Å². The quantitative estimate of drug-likeness (QED) is 0.467. The van der Waals surface area contributed by atoms with Crippen LogP contribution in [0.25, 0.3) is 0 Å². The fourth-order valence-electron chi connectivity index (χ4n) is 6.10. The van der Waals surface area contributed by atoms with Crippen molar-refractivity contribution in [2.75, 3.05) is 0 Å². The zero-order chi connectivity index (χ0) is 19.0. The van der Waals surface area contributed by atoms with Crippen LogP contribution in [0.15, 0.2) is 23.8 Å². The molecule has 3 heteroatoms. The number of rotatable bonds is 1. The minimum atomic E-state index is -0.110. The molecule has 2 unspecified atom stereocenters. The van der Waals surface area contributed by atoms with Gasteiger partial charge in [-0.15, -0.1) is 0 Å². The van der Waals surface area contributed by atoms with Crippen molar-refractivity contribution in [2.24, 2.45) is 35.5 Å². The number of ether oxygens (including phenoxy) is 1. The van der Waals surface area contributed by atoms with Gasteiger partial charge < -0.3 is 4.74 Å². The molecule has 1 saturated carbocycles. The lowest BCUT2D eigenvalue weighted by Crippen LogP contribution is -2.31. The summed E-state index contributed by atoms with van der Waals surface area (Å²) in [7, 11) is 0. The number of carbonyl (C=O) groups is 2. The van der Waals surface area contributed by atoms with Crippen LogP contribution in [0, 0.1) is 35.5 Å². The molecule has 27 heavy (non-hydrogen) atoms. The van der Waals surface area contributed by atoms with Crippen LogP contribution in [0.4, 0.5) is 0 Å². The first-order chi connectivity index (χ1) is 13.1. The molecule has 0 spiro atoms. The first-order valence-electron chi connectivity index (χ1n) is 11.2. The number of hydrogen-bond donors (Lipinski definition) is 0. The normalized spacial score (nSPS) is 42.3. The van der Waals surface area contributed by atoms with Gasteiger partial charge in [-0.2, -0.15) is 0 Å². The second kappa shape index (κ2) is 7.93. The van der Waals surface area contributed by atoms with E-state index in [-0.39, 0.29) is 29.7 Å². The van der Waals surface area contributed by atoms with E-state index < -0.39 is 0 Å². The van der Waals surface area contributed by atoms with Gasteiger partial charge in [0.05, 0.1) is 6.42 Å². The molecule has 1 aliphatic heterocycles. The number of fused-ring (bicyclic) bond motifs is 5. The Bertz CT molecular complexity index is 646. The first kappa shape index (κ1) is 19.0. The van der Waals surface area contributed by atoms with Gasteiger partial charge in [-0.25, -0.2) is 0 Å². The van der Waals surface area contributed by atoms with E-state index in [1.807, 2.05) is 0 Å². The van der Waals surface area contributed by atoms with E-state index in [1.165, 1.54) is 19.3 Å². The second-order valence-corrected chi connectivity index (χ2v) is 9.30. The largest absolute Gasteiger partial charge is 0.462 e. The lowest BCUT2D eigenvalue weighted by Gasteiger charge is -2.34. The van der Waals surface area contributed by atoms with E-state index in [4.69, 9.17) is 4.74 Å². The molecular weight excluding hydrogens is 336 g/mol. The molecule has 0 aromatic rings. The number of ketones is 1. The van der Waals surface area contributed by atoms with Gasteiger partial charge in [0.15, 0.2) is 5.78 Å². The third-order valence-corrected chi connectivity index (χ3v) is 7.67. The number of esters is 1. The van der Waals surface area contributed by atoms with Crippen molar-refractivity contribution in [3.8, 4) is 0 Å². The van der Waals surface area contributed by atoms with Gasteiger partial charge in [0.25, 0.3) is 0 Å². The van der Waals surface area contributed by atoms with Crippen molar-refractivity contribution < 1.29 is 14.3 Å². The summed E-state index contributed by atoms with van der Waals surface area (Å²) in [6.07, 6.45) is 16.1. The highest BCUT2D eigenvalue weighted by Gasteiger charge is 2.47. The maximum atomic E-state index is 13.3. The molecule has 0 radical (unpaired) electrons. The molecule has 3 nitrogen and oxygen atoms in total. The minimum Gasteiger partial charge on any atom is -0.462 e. The van der Waals surface area contributed by atoms with Gasteiger partial charge in [0.2, 0.25) is 0 Å². The van der Waals surface area contributed by atoms with Gasteiger partial charge in [-0.05, 0) is 67.8 Å². The van der Waals surface area contributed by atoms with Crippen LogP contribution in [-0.4, -0.2) is 17.9 Å². The Balaban J connectivity index is 1.63. The van der Waals surface area contributed by atoms with E-state index in [1.54, 1.807) is 0 Å². The van der Waals surface area contributed by atoms with Gasteiger partial charge in [0, 0.05) is 11.8 Å². The SMILES string of the molecule is CC[C@H]1CCCC[C@@H](C)C(=O)C2=CC3[C@@H]4CCCC4C=C[C@H]3[C@@H]2CC(=O)O1. The molecule has 1 saturated heterocycles. The fraction of sp³-hybridized carbons (Fsp3) is 0.750. The van der Waals surface area contributed by atoms with Crippen molar-refractivity contribution >= 4 is 11.8 Å². The Labute approximate surface area is 163 Å². The summed E-state index contributed by atoms with van der Waals surface area (Å²) < 4.78 is 5.81. The summed E-state index contributed by atoms with van der Waals surface area (Å²) in [5, 5.41) is 0. The molecule has 7 atom stereocenters. The zero-order valence-corrected chi connectivity index (χ0v) is 16.9. The maximum Gasteiger partial charge on any atom is 0.306 e. The number of hydrogen-bond acceptors (Lipinski definition) is 3. The van der Waals surface area contributed by atoms with Crippen molar-refractivity contribution in [2.45, 2.75) is 77.7 Å². The van der Waals surface area contributed by atoms with E-state index in [0.29, 0.717) is 30.1 Å². The van der Waals surface area contributed by atoms with E-state index in [9.17, 15) is 9.59 Å². The van der Waals surface area contributed by atoms with Gasteiger partial charge >= 0.3 is 5.97 Å². The number of cyclic esters (lactones) is 1. The highest BCUT2D eigenvalue weighted by Crippen LogP contribution is 2.53. The lowest BCUT2D eigenvalue weighted by molar-refractivity contribution is -0.150. The molecule has 3 aliphatic carbocycles. The van der Waals surface area contributed by atoms with E-state index >= 15 is 0 Å². The van der Waals surface area contributed by atoms with Crippen LogP contribution in [0.5, 0.6) is 0 Å². The van der Waals surface area contributed by atoms with Crippen LogP contribution >= 0.6 is 0 Å². The van der Waals surface area contributed by atoms with Crippen molar-refractivity contribution in [1.29, 1.82) is 0 Å². The predicted molar refractivity (Wildman–Crippen MR) is 106 cm³/mol. The Morgan fingerprint density at radius 2 is 1.81 bits per heavy atom. The van der Waals surface area contributed by atoms with Gasteiger partial charge in [-0.3, -0.25) is 9.59 Å². The topological polar surface area (TPSA) is 43.4 Å². The minimum absolute atomic E-state index is 0.0205. The summed E-state index contributed by atoms with van der Waals surface area (Å²) in [6, 6.07) is 0. The lowest BCUT2D eigenvalue weighted by atomic mass is 9.70. The maximum absolute atomic E-state index is 13.3. The number of carbonyl (C=O) groups excluding carboxylic acids is 2. The molecule has 0 bridgehead atoms. The number of allylic oxidation sites excluding steroid dienone is 4. The Kier molecular flexibility index (Phi) is 5.57. The third kappa shape index (κ3) is 3.67. The summed E-state index contributed by atoms with van der Waals surface area (Å²) >= 11 is 0. The van der Waals surface area contributed by atoms with Gasteiger partial charge in [-0.1, -0.05) is 44.9 Å². The predicted octanol–water partition coefficient (Wildman–Crippen LogP) is 5.25. The average Bonchev–Trinajstić information content (AvgIpc) is 3.27. The molecule has 0 amide bonds. The molecule has 1 heterocycles. The first-order valence-corrected chi connectivity index (χ1v) is 11.2. The average molecular weight is 371 g/mol. The molecular formula is C24H34O3. The zero-order valence-electron chi connectivity index (χ0n) is 16.9. The molecule has 148 valence electrons. The summed E-state index contributed by atoms with van der Waals surface area (Å²) in [6.45, 7) is 4.18. The standard InChI is InChI=1S/C24H34O3/c1-3-17-9-5-4-7-15(2)24(26)22-13-20-18-10-6-8-16(18)11-12-19(20)21(22)14-23(25)27-17/h11-13,15-21H,3-10,14H2,1-2H3/t15-,16?,17+,18-,19-,20?,21+/m1/s1. The summed E-state index contributed by atoms with van der Waals surface area (Å²) in [5.74, 6) is 2.36. The fourth-order valence-corrected chi connectivity index (χ4v) is 6.10. The highest BCUT2D eigenvalue weighted by atomic mass is 16.5. The van der Waals surface area contributed by atoms with Crippen LogP contribution < -0.4 is 0 Å². The summed E-state index contributed by atoms with van der Waals surface area (Å²) in [5.41, 5.74) is 0.945. The smallest absolute Gasteiger partial charge is 0.306 e. The second-order valence-electron chi connectivity index (χ2n) is 9.30. The monoisotopic (exact) mass is 370 g/mol. The molecule has 0 N–H and O–H groups in total. The van der Waals surface area contributed by atoms with Crippen LogP contribution in [0.2, 0.25) is 0 Å². The van der Waals surface area contributed by atoms with Gasteiger partial charge in [0.1, 0.15) is 6.10 Å². The van der Waals surface area contributed by atoms with Crippen molar-refractivity contribution in [3.05, 3.63) is 23.8 Å². The molecule has 0 aromatic heterocycles. The molecule has 4 aliphatic rings. The molecule has 4 rings (SSSR count). The van der Waals surface area contributed by atoms with E-state index in [2.05, 4.69) is 32.1 Å². The van der Waals surface area contributed by atoms with Crippen LogP contribution in [0.3, 0.4) is 0 Å². The van der Waals surface area contributed by atoms with Crippen LogP contribution in [-0.2, 0) is 14.3 Å². The number of Topliss-reactive ketones (excluding diaryl/α,β-unsaturated/α-hetero) is 1. The highest BCUT2D eigenvalue weighted by molar-refractivity contribution is 5.98. The van der Waals surface area contributed by atoms with Crippen LogP contribution in [0.1, 0.15) is 71.6 Å². The summed E-state index contributed by atoms with van der Waals surface area (Å²) in [4.78, 5) is 26.0. The van der Waals surface area contributed by atoms with E-state index in [0.717, 1.165) is 37.7 Å². The molecule has 0 aromatic carbocycles. The third-order valence-electron chi connectivity index (χ3n) is 7.67. The molecule has 2 fully saturated rings. The Hall–Kier alpha value is -1.38. The van der Waals surface area contributed by atoms with Crippen molar-refractivity contribution in [3.63, 3.8) is 0 Å². The Morgan fingerprint density at radius 1 is 1.00 bits per heavy atom.